The summed E-state index contributed by atoms with van der Waals surface area (Å²) in [6.45, 7) is 4.24. The van der Waals surface area contributed by atoms with E-state index in [0.717, 1.165) is 6.42 Å². The first-order valence-electron chi connectivity index (χ1n) is 3.32. The lowest BCUT2D eigenvalue weighted by Gasteiger charge is -2.16. The first kappa shape index (κ1) is 7.72. The Hall–Kier alpha value is -0.380. The maximum absolute atomic E-state index is 11.3. The van der Waals surface area contributed by atoms with Gasteiger partial charge in [-0.05, 0) is 13.3 Å². The van der Waals surface area contributed by atoms with Gasteiger partial charge in [-0.3, -0.25) is 4.21 Å². The van der Waals surface area contributed by atoms with Crippen molar-refractivity contribution in [3.63, 3.8) is 0 Å². The van der Waals surface area contributed by atoms with E-state index >= 15 is 0 Å². The molecule has 10 heavy (non-hydrogen) atoms. The molecule has 0 aromatic heterocycles. The number of oxime groups is 1. The molecule has 0 N–H and O–H groups in total. The van der Waals surface area contributed by atoms with Gasteiger partial charge in [0, 0.05) is 0 Å². The average molecular weight is 161 g/mol. The topological polar surface area (TPSA) is 38.7 Å². The third kappa shape index (κ3) is 1.37. The average Bonchev–Trinajstić information content (AvgIpc) is 1.95. The molecule has 3 nitrogen and oxygen atoms in total. The molecule has 0 aromatic carbocycles. The second kappa shape index (κ2) is 3.14. The summed E-state index contributed by atoms with van der Waals surface area (Å²) in [5, 5.41) is 4.39. The van der Waals surface area contributed by atoms with E-state index in [1.165, 1.54) is 0 Å². The van der Waals surface area contributed by atoms with Crippen LogP contribution < -0.4 is 0 Å². The van der Waals surface area contributed by atoms with Crippen molar-refractivity contribution < 1.29 is 9.05 Å². The molecule has 0 aromatic rings. The van der Waals surface area contributed by atoms with E-state index in [9.17, 15) is 4.21 Å². The zero-order chi connectivity index (χ0) is 7.56. The molecular weight excluding hydrogens is 150 g/mol. The molecule has 2 unspecified atom stereocenters. The minimum atomic E-state index is -0.898. The Bertz CT molecular complexity index is 179. The molecule has 0 amide bonds. The molecule has 0 saturated heterocycles. The number of hydrogen-bond donors (Lipinski definition) is 0. The minimum Gasteiger partial charge on any atom is -0.394 e. The summed E-state index contributed by atoms with van der Waals surface area (Å²) in [5.74, 6) is 0. The Kier molecular flexibility index (Phi) is 2.43. The second-order valence-electron chi connectivity index (χ2n) is 2.23. The van der Waals surface area contributed by atoms with Crippen molar-refractivity contribution in [1.29, 1.82) is 0 Å². The lowest BCUT2D eigenvalue weighted by Crippen LogP contribution is -2.28. The monoisotopic (exact) mass is 161 g/mol. The predicted molar refractivity (Wildman–Crippen MR) is 41.3 cm³/mol. The van der Waals surface area contributed by atoms with Gasteiger partial charge in [0.1, 0.15) is 11.7 Å². The van der Waals surface area contributed by atoms with Gasteiger partial charge in [0.15, 0.2) is 0 Å². The summed E-state index contributed by atoms with van der Waals surface area (Å²) < 4.78 is 11.3. The van der Waals surface area contributed by atoms with Crippen LogP contribution in [0.3, 0.4) is 0 Å². The molecule has 0 saturated carbocycles. The molecular formula is C6H11NO2S. The molecule has 2 atom stereocenters. The van der Waals surface area contributed by atoms with Crippen molar-refractivity contribution in [3.05, 3.63) is 0 Å². The van der Waals surface area contributed by atoms with Crippen molar-refractivity contribution in [3.8, 4) is 0 Å². The van der Waals surface area contributed by atoms with E-state index in [4.69, 9.17) is 4.84 Å². The summed E-state index contributed by atoms with van der Waals surface area (Å²) in [6.07, 6.45) is 0.888. The lowest BCUT2D eigenvalue weighted by atomic mass is 10.3. The Morgan fingerprint density at radius 2 is 2.60 bits per heavy atom. The van der Waals surface area contributed by atoms with Crippen LogP contribution >= 0.6 is 0 Å². The van der Waals surface area contributed by atoms with Gasteiger partial charge < -0.3 is 4.84 Å². The highest BCUT2D eigenvalue weighted by molar-refractivity contribution is 8.01. The molecule has 0 fully saturated rings. The van der Waals surface area contributed by atoms with Gasteiger partial charge in [0.05, 0.1) is 16.0 Å². The highest BCUT2D eigenvalue weighted by atomic mass is 32.2. The van der Waals surface area contributed by atoms with Crippen LogP contribution in [0.4, 0.5) is 0 Å². The van der Waals surface area contributed by atoms with Gasteiger partial charge in [0.25, 0.3) is 0 Å². The van der Waals surface area contributed by atoms with Crippen LogP contribution in [-0.2, 0) is 15.6 Å². The Labute approximate surface area is 62.9 Å². The first-order valence-corrected chi connectivity index (χ1v) is 4.54. The zero-order valence-corrected chi connectivity index (χ0v) is 6.98. The van der Waals surface area contributed by atoms with Crippen LogP contribution in [0.25, 0.3) is 0 Å². The maximum atomic E-state index is 11.3. The van der Waals surface area contributed by atoms with Crippen molar-refractivity contribution >= 4 is 15.8 Å². The lowest BCUT2D eigenvalue weighted by molar-refractivity contribution is 0.141. The third-order valence-electron chi connectivity index (χ3n) is 1.50. The van der Waals surface area contributed by atoms with Gasteiger partial charge in [-0.1, -0.05) is 12.1 Å². The molecule has 0 bridgehead atoms. The maximum Gasteiger partial charge on any atom is 0.141 e. The standard InChI is InChI=1S/C6H11NO2S/c1-3-6-4-9-7-5(2)10(6)8/h6H,3-4H2,1-2H3. The number of hydrogen-bond acceptors (Lipinski definition) is 3. The van der Waals surface area contributed by atoms with Crippen LogP contribution in [0.2, 0.25) is 0 Å². The van der Waals surface area contributed by atoms with Gasteiger partial charge in [-0.25, -0.2) is 0 Å². The fourth-order valence-electron chi connectivity index (χ4n) is 0.820. The fraction of sp³-hybridized carbons (Fsp3) is 0.833. The summed E-state index contributed by atoms with van der Waals surface area (Å²) >= 11 is 0. The van der Waals surface area contributed by atoms with Crippen molar-refractivity contribution in [1.82, 2.24) is 0 Å². The number of nitrogens with zero attached hydrogens (tertiary/aromatic N) is 1. The molecule has 0 spiro atoms. The second-order valence-corrected chi connectivity index (χ2v) is 4.09. The SMILES string of the molecule is CCC1CON=C(C)S1=O. The van der Waals surface area contributed by atoms with Gasteiger partial charge in [0.2, 0.25) is 0 Å². The van der Waals surface area contributed by atoms with Crippen LogP contribution in [0.1, 0.15) is 20.3 Å². The highest BCUT2D eigenvalue weighted by Crippen LogP contribution is 2.09. The summed E-state index contributed by atoms with van der Waals surface area (Å²) in [7, 11) is -0.898. The van der Waals surface area contributed by atoms with E-state index in [1.807, 2.05) is 6.92 Å². The Balaban J connectivity index is 2.68. The van der Waals surface area contributed by atoms with E-state index in [0.29, 0.717) is 11.7 Å². The highest BCUT2D eigenvalue weighted by Gasteiger charge is 2.22. The normalized spacial score (nSPS) is 32.8. The van der Waals surface area contributed by atoms with E-state index in [1.54, 1.807) is 6.92 Å². The smallest absolute Gasteiger partial charge is 0.141 e. The Morgan fingerprint density at radius 1 is 1.90 bits per heavy atom. The predicted octanol–water partition coefficient (Wildman–Crippen LogP) is 0.877. The van der Waals surface area contributed by atoms with Crippen LogP contribution in [0, 0.1) is 0 Å². The Morgan fingerprint density at radius 3 is 3.10 bits per heavy atom. The molecule has 1 aliphatic heterocycles. The molecule has 1 aliphatic rings. The van der Waals surface area contributed by atoms with Crippen molar-refractivity contribution in [2.24, 2.45) is 5.16 Å². The van der Waals surface area contributed by atoms with Crippen LogP contribution in [0.5, 0.6) is 0 Å². The number of rotatable bonds is 1. The molecule has 0 aliphatic carbocycles. The summed E-state index contributed by atoms with van der Waals surface area (Å²) in [5.41, 5.74) is 0. The quantitative estimate of drug-likeness (QED) is 0.572. The largest absolute Gasteiger partial charge is 0.394 e. The molecule has 1 heterocycles. The summed E-state index contributed by atoms with van der Waals surface area (Å²) in [4.78, 5) is 4.85. The molecule has 4 heteroatoms. The van der Waals surface area contributed by atoms with Gasteiger partial charge in [-0.15, -0.1) is 0 Å². The van der Waals surface area contributed by atoms with Crippen molar-refractivity contribution in [2.75, 3.05) is 6.61 Å². The summed E-state index contributed by atoms with van der Waals surface area (Å²) in [6, 6.07) is 0. The van der Waals surface area contributed by atoms with Crippen molar-refractivity contribution in [2.45, 2.75) is 25.5 Å². The van der Waals surface area contributed by atoms with Gasteiger partial charge >= 0.3 is 0 Å². The van der Waals surface area contributed by atoms with Crippen LogP contribution in [-0.4, -0.2) is 21.1 Å². The molecule has 58 valence electrons. The van der Waals surface area contributed by atoms with Gasteiger partial charge in [-0.2, -0.15) is 0 Å². The molecule has 0 radical (unpaired) electrons. The van der Waals surface area contributed by atoms with E-state index < -0.39 is 10.8 Å². The third-order valence-corrected chi connectivity index (χ3v) is 3.23. The molecule has 1 rings (SSSR count). The fourth-order valence-corrected chi connectivity index (χ4v) is 1.92. The minimum absolute atomic E-state index is 0.150. The van der Waals surface area contributed by atoms with E-state index in [-0.39, 0.29) is 5.25 Å². The van der Waals surface area contributed by atoms with E-state index in [2.05, 4.69) is 5.16 Å². The van der Waals surface area contributed by atoms with Crippen LogP contribution in [0.15, 0.2) is 5.16 Å². The first-order chi connectivity index (χ1) is 4.75. The zero-order valence-electron chi connectivity index (χ0n) is 6.16.